The summed E-state index contributed by atoms with van der Waals surface area (Å²) in [6, 6.07) is 13.3. The molecule has 1 atom stereocenters. The van der Waals surface area contributed by atoms with Crippen LogP contribution < -0.4 is 9.80 Å². The van der Waals surface area contributed by atoms with Crippen LogP contribution in [0.1, 0.15) is 24.0 Å². The van der Waals surface area contributed by atoms with Gasteiger partial charge < -0.3 is 9.80 Å². The van der Waals surface area contributed by atoms with Crippen LogP contribution in [-0.4, -0.2) is 59.5 Å². The predicted molar refractivity (Wildman–Crippen MR) is 131 cm³/mol. The maximum absolute atomic E-state index is 13.2. The van der Waals surface area contributed by atoms with E-state index in [1.54, 1.807) is 12.1 Å². The number of hydrogen-bond acceptors (Lipinski definition) is 6. The molecule has 0 saturated carbocycles. The van der Waals surface area contributed by atoms with Crippen LogP contribution in [0.3, 0.4) is 0 Å². The van der Waals surface area contributed by atoms with Crippen molar-refractivity contribution in [2.75, 3.05) is 42.5 Å². The lowest BCUT2D eigenvalue weighted by Gasteiger charge is -2.39. The van der Waals surface area contributed by atoms with Crippen LogP contribution in [0.25, 0.3) is 10.9 Å². The quantitative estimate of drug-likeness (QED) is 0.440. The zero-order valence-electron chi connectivity index (χ0n) is 19.0. The largest absolute Gasteiger partial charge is 0.368 e. The molecule has 2 saturated heterocycles. The fourth-order valence-corrected chi connectivity index (χ4v) is 5.76. The first-order valence-corrected chi connectivity index (χ1v) is 12.0. The lowest BCUT2D eigenvalue weighted by molar-refractivity contribution is -0.384. The number of carbonyl (C=O) groups is 1. The van der Waals surface area contributed by atoms with Gasteiger partial charge in [0.15, 0.2) is 0 Å². The Morgan fingerprint density at radius 1 is 1.06 bits per heavy atom. The van der Waals surface area contributed by atoms with Gasteiger partial charge in [-0.05, 0) is 55.1 Å². The highest BCUT2D eigenvalue weighted by atomic mass is 16.6. The zero-order valence-corrected chi connectivity index (χ0v) is 19.0. The second-order valence-electron chi connectivity index (χ2n) is 9.50. The highest BCUT2D eigenvalue weighted by Crippen LogP contribution is 2.37. The molecule has 0 radical (unpaired) electrons. The third-order valence-corrected chi connectivity index (χ3v) is 7.55. The Morgan fingerprint density at radius 3 is 2.74 bits per heavy atom. The van der Waals surface area contributed by atoms with Gasteiger partial charge in [-0.2, -0.15) is 0 Å². The Labute approximate surface area is 197 Å². The van der Waals surface area contributed by atoms with Crippen molar-refractivity contribution >= 4 is 33.9 Å². The van der Waals surface area contributed by atoms with Gasteiger partial charge in [0.25, 0.3) is 5.69 Å². The van der Waals surface area contributed by atoms with Gasteiger partial charge in [-0.25, -0.2) is 0 Å². The summed E-state index contributed by atoms with van der Waals surface area (Å²) in [5.74, 6) is 0.0111. The van der Waals surface area contributed by atoms with Crippen LogP contribution >= 0.6 is 0 Å². The van der Waals surface area contributed by atoms with Gasteiger partial charge in [0.2, 0.25) is 5.91 Å². The Bertz CT molecular complexity index is 1280. The van der Waals surface area contributed by atoms with Gasteiger partial charge in [0, 0.05) is 67.3 Å². The van der Waals surface area contributed by atoms with Gasteiger partial charge in [0.1, 0.15) is 0 Å². The molecule has 0 aliphatic carbocycles. The summed E-state index contributed by atoms with van der Waals surface area (Å²) < 4.78 is 0. The maximum atomic E-state index is 13.2. The number of hydrogen-bond donors (Lipinski definition) is 0. The van der Waals surface area contributed by atoms with Crippen molar-refractivity contribution in [3.63, 3.8) is 0 Å². The number of piperazine rings is 1. The molecule has 3 aromatic rings. The van der Waals surface area contributed by atoms with Crippen LogP contribution in [-0.2, 0) is 17.6 Å². The first kappa shape index (κ1) is 21.0. The summed E-state index contributed by atoms with van der Waals surface area (Å²) in [7, 11) is 0. The second kappa shape index (κ2) is 8.36. The molecule has 8 nitrogen and oxygen atoms in total. The average molecular weight is 458 g/mol. The molecule has 0 spiro atoms. The highest BCUT2D eigenvalue weighted by Gasteiger charge is 2.32. The number of aromatic nitrogens is 1. The molecular formula is C26H27N5O3. The third-order valence-electron chi connectivity index (χ3n) is 7.55. The van der Waals surface area contributed by atoms with E-state index in [2.05, 4.69) is 33.0 Å². The summed E-state index contributed by atoms with van der Waals surface area (Å²) in [6.45, 7) is 5.01. The minimum absolute atomic E-state index is 0.0111. The standard InChI is InChI=1S/C26H27N5O3/c32-26(14-18-3-5-20(6-4-18)31(33)34)30-11-8-19-15-23-22(16-25(19)30)24(7-9-27-23)29-13-12-28-10-1-2-21(28)17-29/h3-7,9,15-16,21H,1-2,8,10-14,17H2/t21-/m1/s1. The van der Waals surface area contributed by atoms with E-state index in [9.17, 15) is 14.9 Å². The molecule has 34 heavy (non-hydrogen) atoms. The number of pyridine rings is 1. The van der Waals surface area contributed by atoms with E-state index >= 15 is 0 Å². The SMILES string of the molecule is O=C(Cc1ccc([N+](=O)[O-])cc1)N1CCc2cc3nccc(N4CCN5CCC[C@@H]5C4)c3cc21. The molecule has 2 fully saturated rings. The van der Waals surface area contributed by atoms with Crippen molar-refractivity contribution in [2.45, 2.75) is 31.7 Å². The minimum atomic E-state index is -0.425. The highest BCUT2D eigenvalue weighted by molar-refractivity contribution is 6.02. The van der Waals surface area contributed by atoms with Crippen LogP contribution in [0.4, 0.5) is 17.1 Å². The van der Waals surface area contributed by atoms with Crippen molar-refractivity contribution in [1.82, 2.24) is 9.88 Å². The molecule has 3 aliphatic heterocycles. The molecule has 3 aliphatic rings. The molecule has 0 unspecified atom stereocenters. The number of benzene rings is 2. The number of nitrogens with zero attached hydrogens (tertiary/aromatic N) is 5. The van der Waals surface area contributed by atoms with E-state index in [1.807, 2.05) is 11.1 Å². The first-order valence-electron chi connectivity index (χ1n) is 12.0. The van der Waals surface area contributed by atoms with E-state index in [1.165, 1.54) is 37.2 Å². The molecule has 2 aromatic carbocycles. The summed E-state index contributed by atoms with van der Waals surface area (Å²) in [5, 5.41) is 12.0. The van der Waals surface area contributed by atoms with Crippen molar-refractivity contribution in [3.8, 4) is 0 Å². The van der Waals surface area contributed by atoms with Crippen LogP contribution in [0.2, 0.25) is 0 Å². The molecule has 6 rings (SSSR count). The van der Waals surface area contributed by atoms with E-state index in [0.29, 0.717) is 12.6 Å². The van der Waals surface area contributed by atoms with Crippen molar-refractivity contribution in [2.24, 2.45) is 0 Å². The molecule has 0 N–H and O–H groups in total. The smallest absolute Gasteiger partial charge is 0.269 e. The van der Waals surface area contributed by atoms with Crippen LogP contribution in [0, 0.1) is 10.1 Å². The molecule has 0 bridgehead atoms. The van der Waals surface area contributed by atoms with E-state index in [-0.39, 0.29) is 18.0 Å². The summed E-state index contributed by atoms with van der Waals surface area (Å²) in [6.07, 6.45) is 5.48. The van der Waals surface area contributed by atoms with Gasteiger partial charge in [-0.3, -0.25) is 24.8 Å². The molecule has 1 aromatic heterocycles. The topological polar surface area (TPSA) is 82.8 Å². The summed E-state index contributed by atoms with van der Waals surface area (Å²) >= 11 is 0. The van der Waals surface area contributed by atoms with E-state index in [4.69, 9.17) is 0 Å². The number of carbonyl (C=O) groups excluding carboxylic acids is 1. The molecule has 4 heterocycles. The lowest BCUT2D eigenvalue weighted by Crippen LogP contribution is -2.50. The zero-order chi connectivity index (χ0) is 23.2. The van der Waals surface area contributed by atoms with Crippen molar-refractivity contribution in [1.29, 1.82) is 0 Å². The maximum Gasteiger partial charge on any atom is 0.269 e. The Morgan fingerprint density at radius 2 is 1.91 bits per heavy atom. The number of rotatable bonds is 4. The van der Waals surface area contributed by atoms with Crippen molar-refractivity contribution < 1.29 is 9.72 Å². The predicted octanol–water partition coefficient (Wildman–Crippen LogP) is 3.56. The average Bonchev–Trinajstić information content (AvgIpc) is 3.48. The van der Waals surface area contributed by atoms with Gasteiger partial charge in [0.05, 0.1) is 16.9 Å². The third kappa shape index (κ3) is 3.68. The van der Waals surface area contributed by atoms with E-state index < -0.39 is 4.92 Å². The first-order chi connectivity index (χ1) is 16.6. The summed E-state index contributed by atoms with van der Waals surface area (Å²) in [4.78, 5) is 35.3. The van der Waals surface area contributed by atoms with Gasteiger partial charge in [-0.15, -0.1) is 0 Å². The molecule has 174 valence electrons. The number of fused-ring (bicyclic) bond motifs is 3. The fourth-order valence-electron chi connectivity index (χ4n) is 5.76. The summed E-state index contributed by atoms with van der Waals surface area (Å²) in [5.41, 5.74) is 5.11. The van der Waals surface area contributed by atoms with Crippen LogP contribution in [0.5, 0.6) is 0 Å². The van der Waals surface area contributed by atoms with Crippen LogP contribution in [0.15, 0.2) is 48.7 Å². The monoisotopic (exact) mass is 457 g/mol. The van der Waals surface area contributed by atoms with Crippen molar-refractivity contribution in [3.05, 3.63) is 69.9 Å². The second-order valence-corrected chi connectivity index (χ2v) is 9.50. The number of nitro benzene ring substituents is 1. The Hall–Kier alpha value is -3.52. The van der Waals surface area contributed by atoms with E-state index in [0.717, 1.165) is 53.8 Å². The van der Waals surface area contributed by atoms with Gasteiger partial charge >= 0.3 is 0 Å². The Balaban J connectivity index is 1.28. The minimum Gasteiger partial charge on any atom is -0.368 e. The molecule has 8 heteroatoms. The number of non-ortho nitro benzene ring substituents is 1. The molecular weight excluding hydrogens is 430 g/mol. The van der Waals surface area contributed by atoms with Gasteiger partial charge in [-0.1, -0.05) is 12.1 Å². The number of nitro groups is 1. The molecule has 1 amide bonds. The lowest BCUT2D eigenvalue weighted by atomic mass is 10.0. The normalized spacial score (nSPS) is 19.9. The number of anilines is 2. The fraction of sp³-hybridized carbons (Fsp3) is 0.385. The Kier molecular flexibility index (Phi) is 5.17. The number of amides is 1.